The van der Waals surface area contributed by atoms with Crippen LogP contribution in [0.4, 0.5) is 11.6 Å². The molecule has 0 atom stereocenters. The summed E-state index contributed by atoms with van der Waals surface area (Å²) in [6, 6.07) is 8.21. The molecule has 0 aliphatic carbocycles. The van der Waals surface area contributed by atoms with Gasteiger partial charge in [-0.3, -0.25) is 0 Å². The summed E-state index contributed by atoms with van der Waals surface area (Å²) in [5, 5.41) is 0. The van der Waals surface area contributed by atoms with Crippen molar-refractivity contribution >= 4 is 11.6 Å². The molecule has 0 radical (unpaired) electrons. The molecule has 0 bridgehead atoms. The van der Waals surface area contributed by atoms with Crippen LogP contribution in [0.1, 0.15) is 16.8 Å². The minimum atomic E-state index is 0.427. The Hall–Kier alpha value is -1.94. The van der Waals surface area contributed by atoms with E-state index in [-0.39, 0.29) is 0 Å². The number of anilines is 2. The fraction of sp³-hybridized carbons (Fsp3) is 0.286. The van der Waals surface area contributed by atoms with Gasteiger partial charge in [0, 0.05) is 25.5 Å². The lowest BCUT2D eigenvalue weighted by Gasteiger charge is -2.18. The van der Waals surface area contributed by atoms with Crippen molar-refractivity contribution in [3.63, 3.8) is 0 Å². The van der Waals surface area contributed by atoms with E-state index in [9.17, 15) is 0 Å². The number of hydrogen-bond donors (Lipinski definition) is 1. The number of benzene rings is 1. The van der Waals surface area contributed by atoms with E-state index in [2.05, 4.69) is 42.0 Å². The van der Waals surface area contributed by atoms with Gasteiger partial charge in [-0.05, 0) is 43.2 Å². The summed E-state index contributed by atoms with van der Waals surface area (Å²) in [4.78, 5) is 10.7. The molecule has 1 heterocycles. The van der Waals surface area contributed by atoms with E-state index in [4.69, 9.17) is 5.73 Å². The van der Waals surface area contributed by atoms with Gasteiger partial charge in [0.25, 0.3) is 0 Å². The van der Waals surface area contributed by atoms with E-state index < -0.39 is 0 Å². The number of nitrogens with two attached hydrogens (primary N) is 1. The van der Waals surface area contributed by atoms with E-state index in [1.54, 1.807) is 6.20 Å². The Labute approximate surface area is 107 Å². The van der Waals surface area contributed by atoms with Crippen LogP contribution in [0.15, 0.2) is 30.5 Å². The summed E-state index contributed by atoms with van der Waals surface area (Å²) in [6.07, 6.45) is 1.74. The molecule has 2 rings (SSSR count). The summed E-state index contributed by atoms with van der Waals surface area (Å²) in [7, 11) is 1.96. The molecule has 0 spiro atoms. The second-order valence-corrected chi connectivity index (χ2v) is 4.46. The molecule has 0 amide bonds. The number of aryl methyl sites for hydroxylation is 2. The molecule has 0 aliphatic heterocycles. The first-order chi connectivity index (χ1) is 8.60. The van der Waals surface area contributed by atoms with Crippen LogP contribution in [0.5, 0.6) is 0 Å². The molecular weight excluding hydrogens is 224 g/mol. The van der Waals surface area contributed by atoms with Crippen molar-refractivity contribution in [1.29, 1.82) is 0 Å². The predicted octanol–water partition coefficient (Wildman–Crippen LogP) is 2.32. The summed E-state index contributed by atoms with van der Waals surface area (Å²) < 4.78 is 0. The Balaban J connectivity index is 2.37. The van der Waals surface area contributed by atoms with Gasteiger partial charge in [0.05, 0.1) is 5.69 Å². The first-order valence-electron chi connectivity index (χ1n) is 5.94. The fourth-order valence-electron chi connectivity index (χ4n) is 1.92. The van der Waals surface area contributed by atoms with Crippen molar-refractivity contribution in [3.8, 4) is 0 Å². The maximum atomic E-state index is 5.60. The molecule has 94 valence electrons. The SMILES string of the molecule is Cc1cc(C)cc(N(C)c2nccc(CN)n2)c1. The maximum absolute atomic E-state index is 5.60. The largest absolute Gasteiger partial charge is 0.325 e. The van der Waals surface area contributed by atoms with Crippen LogP contribution >= 0.6 is 0 Å². The van der Waals surface area contributed by atoms with Crippen molar-refractivity contribution in [3.05, 3.63) is 47.3 Å². The van der Waals surface area contributed by atoms with Gasteiger partial charge in [0.1, 0.15) is 0 Å². The molecule has 1 aromatic heterocycles. The van der Waals surface area contributed by atoms with E-state index in [0.29, 0.717) is 12.5 Å². The lowest BCUT2D eigenvalue weighted by atomic mass is 10.1. The number of rotatable bonds is 3. The standard InChI is InChI=1S/C14H18N4/c1-10-6-11(2)8-13(7-10)18(3)14-16-5-4-12(9-15)17-14/h4-8H,9,15H2,1-3H3. The first kappa shape index (κ1) is 12.5. The van der Waals surface area contributed by atoms with Crippen LogP contribution in [-0.4, -0.2) is 17.0 Å². The zero-order valence-corrected chi connectivity index (χ0v) is 11.0. The van der Waals surface area contributed by atoms with Gasteiger partial charge in [-0.2, -0.15) is 0 Å². The highest BCUT2D eigenvalue weighted by Gasteiger charge is 2.08. The highest BCUT2D eigenvalue weighted by Crippen LogP contribution is 2.22. The van der Waals surface area contributed by atoms with E-state index in [1.807, 2.05) is 18.0 Å². The second kappa shape index (κ2) is 5.14. The molecule has 4 nitrogen and oxygen atoms in total. The molecule has 0 fully saturated rings. The monoisotopic (exact) mass is 242 g/mol. The molecule has 1 aromatic carbocycles. The number of hydrogen-bond acceptors (Lipinski definition) is 4. The van der Waals surface area contributed by atoms with Crippen molar-refractivity contribution in [1.82, 2.24) is 9.97 Å². The average Bonchev–Trinajstić information content (AvgIpc) is 2.37. The number of nitrogens with zero attached hydrogens (tertiary/aromatic N) is 3. The van der Waals surface area contributed by atoms with Crippen LogP contribution in [0.25, 0.3) is 0 Å². The van der Waals surface area contributed by atoms with Crippen molar-refractivity contribution in [2.24, 2.45) is 5.73 Å². The lowest BCUT2D eigenvalue weighted by Crippen LogP contribution is -2.14. The van der Waals surface area contributed by atoms with Gasteiger partial charge in [0.2, 0.25) is 5.95 Å². The number of aromatic nitrogens is 2. The summed E-state index contributed by atoms with van der Waals surface area (Å²) in [5.41, 5.74) is 9.98. The van der Waals surface area contributed by atoms with Crippen LogP contribution in [0.3, 0.4) is 0 Å². The van der Waals surface area contributed by atoms with Crippen LogP contribution < -0.4 is 10.6 Å². The Bertz CT molecular complexity index is 531. The smallest absolute Gasteiger partial charge is 0.229 e. The molecule has 18 heavy (non-hydrogen) atoms. The zero-order chi connectivity index (χ0) is 13.1. The zero-order valence-electron chi connectivity index (χ0n) is 11.0. The topological polar surface area (TPSA) is 55.0 Å². The Kier molecular flexibility index (Phi) is 3.58. The fourth-order valence-corrected chi connectivity index (χ4v) is 1.92. The summed E-state index contributed by atoms with van der Waals surface area (Å²) in [5.74, 6) is 0.669. The maximum Gasteiger partial charge on any atom is 0.229 e. The molecule has 4 heteroatoms. The van der Waals surface area contributed by atoms with Gasteiger partial charge in [0.15, 0.2) is 0 Å². The minimum Gasteiger partial charge on any atom is -0.325 e. The minimum absolute atomic E-state index is 0.427. The average molecular weight is 242 g/mol. The quantitative estimate of drug-likeness (QED) is 0.897. The Morgan fingerprint density at radius 2 is 1.83 bits per heavy atom. The molecule has 2 aromatic rings. The van der Waals surface area contributed by atoms with Crippen LogP contribution in [0, 0.1) is 13.8 Å². The van der Waals surface area contributed by atoms with Crippen LogP contribution in [-0.2, 0) is 6.54 Å². The van der Waals surface area contributed by atoms with Crippen molar-refractivity contribution < 1.29 is 0 Å². The van der Waals surface area contributed by atoms with Gasteiger partial charge in [-0.15, -0.1) is 0 Å². The van der Waals surface area contributed by atoms with Crippen molar-refractivity contribution in [2.75, 3.05) is 11.9 Å². The molecule has 2 N–H and O–H groups in total. The summed E-state index contributed by atoms with van der Waals surface area (Å²) >= 11 is 0. The molecule has 0 saturated heterocycles. The summed E-state index contributed by atoms with van der Waals surface area (Å²) in [6.45, 7) is 4.60. The Morgan fingerprint density at radius 1 is 1.17 bits per heavy atom. The predicted molar refractivity (Wildman–Crippen MR) is 73.9 cm³/mol. The van der Waals surface area contributed by atoms with E-state index in [0.717, 1.165) is 11.4 Å². The van der Waals surface area contributed by atoms with E-state index in [1.165, 1.54) is 11.1 Å². The highest BCUT2D eigenvalue weighted by atomic mass is 15.2. The molecular formula is C14H18N4. The third-order valence-electron chi connectivity index (χ3n) is 2.80. The van der Waals surface area contributed by atoms with Gasteiger partial charge >= 0.3 is 0 Å². The second-order valence-electron chi connectivity index (χ2n) is 4.46. The third kappa shape index (κ3) is 2.65. The Morgan fingerprint density at radius 3 is 2.44 bits per heavy atom. The van der Waals surface area contributed by atoms with Crippen molar-refractivity contribution in [2.45, 2.75) is 20.4 Å². The van der Waals surface area contributed by atoms with Gasteiger partial charge in [-0.1, -0.05) is 6.07 Å². The molecule has 0 aliphatic rings. The highest BCUT2D eigenvalue weighted by molar-refractivity contribution is 5.58. The third-order valence-corrected chi connectivity index (χ3v) is 2.80. The van der Waals surface area contributed by atoms with E-state index >= 15 is 0 Å². The van der Waals surface area contributed by atoms with Gasteiger partial charge in [-0.25, -0.2) is 9.97 Å². The lowest BCUT2D eigenvalue weighted by molar-refractivity contribution is 0.938. The molecule has 0 unspecified atom stereocenters. The normalized spacial score (nSPS) is 10.4. The first-order valence-corrected chi connectivity index (χ1v) is 5.94. The molecule has 0 saturated carbocycles. The van der Waals surface area contributed by atoms with Gasteiger partial charge < -0.3 is 10.6 Å². The van der Waals surface area contributed by atoms with Crippen LogP contribution in [0.2, 0.25) is 0 Å².